The van der Waals surface area contributed by atoms with E-state index in [1.54, 1.807) is 0 Å². The Morgan fingerprint density at radius 1 is 1.33 bits per heavy atom. The molecule has 0 aromatic heterocycles. The Morgan fingerprint density at radius 2 is 2.10 bits per heavy atom. The predicted octanol–water partition coefficient (Wildman–Crippen LogP) is 1.89. The van der Waals surface area contributed by atoms with Crippen molar-refractivity contribution in [3.05, 3.63) is 22.2 Å². The molecule has 0 aliphatic carbocycles. The van der Waals surface area contributed by atoms with E-state index in [0.717, 1.165) is 21.5 Å². The van der Waals surface area contributed by atoms with Crippen molar-refractivity contribution in [1.29, 1.82) is 0 Å². The van der Waals surface area contributed by atoms with Crippen molar-refractivity contribution in [2.75, 3.05) is 24.7 Å². The molecule has 1 unspecified atom stereocenters. The van der Waals surface area contributed by atoms with E-state index in [1.165, 1.54) is 0 Å². The molecule has 0 bridgehead atoms. The Kier molecular flexibility index (Phi) is 3.92. The van der Waals surface area contributed by atoms with Gasteiger partial charge in [-0.25, -0.2) is 8.42 Å². The number of ether oxygens (including phenoxy) is 2. The van der Waals surface area contributed by atoms with Crippen LogP contribution in [0.5, 0.6) is 11.5 Å². The van der Waals surface area contributed by atoms with E-state index in [4.69, 9.17) is 9.47 Å². The first kappa shape index (κ1) is 15.1. The molecule has 2 heterocycles. The van der Waals surface area contributed by atoms with Gasteiger partial charge < -0.3 is 14.8 Å². The van der Waals surface area contributed by atoms with Crippen molar-refractivity contribution in [3.63, 3.8) is 0 Å². The molecule has 0 amide bonds. The second kappa shape index (κ2) is 5.44. The van der Waals surface area contributed by atoms with Crippen molar-refractivity contribution in [2.45, 2.75) is 25.4 Å². The standard InChI is InChI=1S/C14H18BrNO4S/c1-14(2-5-21(17,18)9-14)16-8-10-6-11(15)13-12(7-10)19-3-4-20-13/h6-7,16H,2-5,8-9H2,1H3. The summed E-state index contributed by atoms with van der Waals surface area (Å²) in [4.78, 5) is 0. The molecular formula is C14H18BrNO4S. The molecule has 1 aromatic carbocycles. The first-order chi connectivity index (χ1) is 9.87. The van der Waals surface area contributed by atoms with E-state index in [-0.39, 0.29) is 17.0 Å². The smallest absolute Gasteiger partial charge is 0.175 e. The Hall–Kier alpha value is -0.790. The lowest BCUT2D eigenvalue weighted by molar-refractivity contribution is 0.170. The number of benzene rings is 1. The maximum Gasteiger partial charge on any atom is 0.175 e. The van der Waals surface area contributed by atoms with Crippen LogP contribution in [-0.4, -0.2) is 38.7 Å². The summed E-state index contributed by atoms with van der Waals surface area (Å²) in [5.41, 5.74) is 0.690. The van der Waals surface area contributed by atoms with Crippen LogP contribution in [0.15, 0.2) is 16.6 Å². The van der Waals surface area contributed by atoms with E-state index in [1.807, 2.05) is 19.1 Å². The zero-order valence-electron chi connectivity index (χ0n) is 11.8. The number of hydrogen-bond acceptors (Lipinski definition) is 5. The van der Waals surface area contributed by atoms with Crippen LogP contribution in [0.4, 0.5) is 0 Å². The number of fused-ring (bicyclic) bond motifs is 1. The van der Waals surface area contributed by atoms with E-state index < -0.39 is 9.84 Å². The van der Waals surface area contributed by atoms with E-state index in [0.29, 0.717) is 26.2 Å². The Morgan fingerprint density at radius 3 is 2.81 bits per heavy atom. The fourth-order valence-electron chi connectivity index (χ4n) is 2.73. The molecule has 0 spiro atoms. The van der Waals surface area contributed by atoms with Crippen LogP contribution < -0.4 is 14.8 Å². The Balaban J connectivity index is 1.73. The maximum atomic E-state index is 11.6. The van der Waals surface area contributed by atoms with E-state index in [9.17, 15) is 8.42 Å². The molecule has 21 heavy (non-hydrogen) atoms. The normalized spacial score (nSPS) is 26.8. The van der Waals surface area contributed by atoms with Gasteiger partial charge in [-0.2, -0.15) is 0 Å². The average Bonchev–Trinajstić information content (AvgIpc) is 2.71. The van der Waals surface area contributed by atoms with Crippen LogP contribution >= 0.6 is 15.9 Å². The van der Waals surface area contributed by atoms with Gasteiger partial charge in [0.1, 0.15) is 13.2 Å². The molecule has 0 radical (unpaired) electrons. The molecule has 7 heteroatoms. The monoisotopic (exact) mass is 375 g/mol. The molecule has 1 atom stereocenters. The molecule has 1 aromatic rings. The fraction of sp³-hybridized carbons (Fsp3) is 0.571. The molecule has 5 nitrogen and oxygen atoms in total. The highest BCUT2D eigenvalue weighted by Crippen LogP contribution is 2.38. The van der Waals surface area contributed by atoms with Gasteiger partial charge in [-0.15, -0.1) is 0 Å². The maximum absolute atomic E-state index is 11.6. The van der Waals surface area contributed by atoms with Gasteiger partial charge in [0, 0.05) is 12.1 Å². The minimum Gasteiger partial charge on any atom is -0.486 e. The van der Waals surface area contributed by atoms with Crippen molar-refractivity contribution >= 4 is 25.8 Å². The van der Waals surface area contributed by atoms with E-state index >= 15 is 0 Å². The summed E-state index contributed by atoms with van der Waals surface area (Å²) in [7, 11) is -2.90. The lowest BCUT2D eigenvalue weighted by Gasteiger charge is -2.25. The molecule has 1 N–H and O–H groups in total. The number of rotatable bonds is 3. The van der Waals surface area contributed by atoms with Gasteiger partial charge in [-0.3, -0.25) is 0 Å². The third-order valence-corrected chi connectivity index (χ3v) is 6.37. The largest absolute Gasteiger partial charge is 0.486 e. The van der Waals surface area contributed by atoms with Crippen LogP contribution in [0, 0.1) is 0 Å². The minimum atomic E-state index is -2.90. The SMILES string of the molecule is CC1(NCc2cc(Br)c3c(c2)OCCO3)CCS(=O)(=O)C1. The molecule has 2 aliphatic rings. The van der Waals surface area contributed by atoms with Gasteiger partial charge in [0.05, 0.1) is 16.0 Å². The van der Waals surface area contributed by atoms with Crippen molar-refractivity contribution < 1.29 is 17.9 Å². The molecule has 2 aliphatic heterocycles. The minimum absolute atomic E-state index is 0.200. The van der Waals surface area contributed by atoms with Crippen LogP contribution in [0.1, 0.15) is 18.9 Å². The van der Waals surface area contributed by atoms with Crippen molar-refractivity contribution in [1.82, 2.24) is 5.32 Å². The highest BCUT2D eigenvalue weighted by atomic mass is 79.9. The molecule has 3 rings (SSSR count). The number of halogens is 1. The third-order valence-electron chi connectivity index (χ3n) is 3.88. The molecule has 0 saturated carbocycles. The second-order valence-electron chi connectivity index (χ2n) is 5.86. The van der Waals surface area contributed by atoms with Gasteiger partial charge in [-0.05, 0) is 47.0 Å². The van der Waals surface area contributed by atoms with Gasteiger partial charge in [0.15, 0.2) is 21.3 Å². The predicted molar refractivity (Wildman–Crippen MR) is 83.6 cm³/mol. The Labute approximate surface area is 133 Å². The van der Waals surface area contributed by atoms with Gasteiger partial charge >= 0.3 is 0 Å². The first-order valence-corrected chi connectivity index (χ1v) is 9.52. The lowest BCUT2D eigenvalue weighted by atomic mass is 10.0. The molecule has 1 fully saturated rings. The summed E-state index contributed by atoms with van der Waals surface area (Å²) in [6.45, 7) is 3.66. The summed E-state index contributed by atoms with van der Waals surface area (Å²) >= 11 is 3.49. The first-order valence-electron chi connectivity index (χ1n) is 6.90. The molecular weight excluding hydrogens is 358 g/mol. The zero-order valence-corrected chi connectivity index (χ0v) is 14.2. The van der Waals surface area contributed by atoms with E-state index in [2.05, 4.69) is 21.2 Å². The summed E-state index contributed by atoms with van der Waals surface area (Å²) in [6.07, 6.45) is 0.654. The van der Waals surface area contributed by atoms with Crippen molar-refractivity contribution in [3.8, 4) is 11.5 Å². The van der Waals surface area contributed by atoms with Crippen molar-refractivity contribution in [2.24, 2.45) is 0 Å². The zero-order chi connectivity index (χ0) is 15.1. The summed E-state index contributed by atoms with van der Waals surface area (Å²) in [5, 5.41) is 3.37. The molecule has 116 valence electrons. The number of nitrogens with one attached hydrogen (secondary N) is 1. The average molecular weight is 376 g/mol. The van der Waals surface area contributed by atoms with Crippen LogP contribution in [0.3, 0.4) is 0 Å². The van der Waals surface area contributed by atoms with Crippen LogP contribution in [0.25, 0.3) is 0 Å². The highest BCUT2D eigenvalue weighted by molar-refractivity contribution is 9.10. The lowest BCUT2D eigenvalue weighted by Crippen LogP contribution is -2.42. The van der Waals surface area contributed by atoms with Gasteiger partial charge in [0.25, 0.3) is 0 Å². The highest BCUT2D eigenvalue weighted by Gasteiger charge is 2.37. The quantitative estimate of drug-likeness (QED) is 0.873. The number of sulfone groups is 1. The van der Waals surface area contributed by atoms with Crippen LogP contribution in [0.2, 0.25) is 0 Å². The number of hydrogen-bond donors (Lipinski definition) is 1. The summed E-state index contributed by atoms with van der Waals surface area (Å²) in [5.74, 6) is 1.93. The third kappa shape index (κ3) is 3.35. The topological polar surface area (TPSA) is 64.6 Å². The Bertz CT molecular complexity index is 661. The second-order valence-corrected chi connectivity index (χ2v) is 8.90. The van der Waals surface area contributed by atoms with Gasteiger partial charge in [0.2, 0.25) is 0 Å². The van der Waals surface area contributed by atoms with Gasteiger partial charge in [-0.1, -0.05) is 0 Å². The fourth-order valence-corrected chi connectivity index (χ4v) is 5.46. The van der Waals surface area contributed by atoms with Crippen LogP contribution in [-0.2, 0) is 16.4 Å². The summed E-state index contributed by atoms with van der Waals surface area (Å²) < 4.78 is 35.3. The summed E-state index contributed by atoms with van der Waals surface area (Å²) in [6, 6.07) is 3.92. The molecule has 1 saturated heterocycles.